The van der Waals surface area contributed by atoms with Crippen LogP contribution in [0.1, 0.15) is 53.6 Å². The Labute approximate surface area is 261 Å². The molecule has 3 heterocycles. The molecule has 1 aliphatic carbocycles. The number of aromatic nitrogens is 1. The molecule has 1 aliphatic heterocycles. The largest absolute Gasteiger partial charge is 0.378 e. The minimum absolute atomic E-state index is 0.0769. The molecular weight excluding hydrogens is 580 g/mol. The number of carbonyl (C=O) groups excluding carboxylic acids is 2. The van der Waals surface area contributed by atoms with Crippen molar-refractivity contribution in [3.05, 3.63) is 81.3 Å². The van der Waals surface area contributed by atoms with Crippen molar-refractivity contribution in [3.8, 4) is 0 Å². The van der Waals surface area contributed by atoms with Crippen molar-refractivity contribution in [1.29, 1.82) is 0 Å². The molecule has 0 spiro atoms. The van der Waals surface area contributed by atoms with Crippen LogP contribution in [0.3, 0.4) is 0 Å². The lowest BCUT2D eigenvalue weighted by Gasteiger charge is -2.33. The van der Waals surface area contributed by atoms with E-state index in [0.29, 0.717) is 53.5 Å². The Morgan fingerprint density at radius 3 is 2.60 bits per heavy atom. The smallest absolute Gasteiger partial charge is 0.259 e. The summed E-state index contributed by atoms with van der Waals surface area (Å²) in [6.07, 6.45) is 6.68. The van der Waals surface area contributed by atoms with Gasteiger partial charge in [-0.05, 0) is 66.5 Å². The molecule has 0 saturated carbocycles. The number of amides is 2. The summed E-state index contributed by atoms with van der Waals surface area (Å²) in [5, 5.41) is 5.42. The molecule has 43 heavy (non-hydrogen) atoms. The first kappa shape index (κ1) is 29.6. The van der Waals surface area contributed by atoms with E-state index in [4.69, 9.17) is 21.3 Å². The maximum Gasteiger partial charge on any atom is 0.259 e. The average molecular weight is 617 g/mol. The third-order valence-corrected chi connectivity index (χ3v) is 10.0. The number of fused-ring (bicyclic) bond motifs is 2. The Bertz CT molecular complexity index is 1680. The van der Waals surface area contributed by atoms with Crippen molar-refractivity contribution in [1.82, 2.24) is 9.47 Å². The number of rotatable bonds is 6. The number of carbonyl (C=O) groups is 2. The fourth-order valence-corrected chi connectivity index (χ4v) is 7.45. The first-order chi connectivity index (χ1) is 20.7. The van der Waals surface area contributed by atoms with Gasteiger partial charge in [0.05, 0.1) is 18.8 Å². The van der Waals surface area contributed by atoms with Crippen LogP contribution >= 0.6 is 22.9 Å². The Hall–Kier alpha value is -3.46. The third-order valence-electron chi connectivity index (χ3n) is 8.61. The van der Waals surface area contributed by atoms with Crippen LogP contribution in [0.2, 0.25) is 5.02 Å². The number of hydrogen-bond donors (Lipinski definition) is 1. The fourth-order valence-electron chi connectivity index (χ4n) is 6.06. The van der Waals surface area contributed by atoms with Crippen molar-refractivity contribution < 1.29 is 14.3 Å². The topological polar surface area (TPSA) is 75.9 Å². The van der Waals surface area contributed by atoms with Crippen molar-refractivity contribution in [2.24, 2.45) is 16.3 Å². The second-order valence-corrected chi connectivity index (χ2v) is 14.0. The molecule has 1 atom stereocenters. The molecule has 6 rings (SSSR count). The van der Waals surface area contributed by atoms with Crippen LogP contribution < -0.4 is 5.32 Å². The van der Waals surface area contributed by atoms with Gasteiger partial charge >= 0.3 is 0 Å². The summed E-state index contributed by atoms with van der Waals surface area (Å²) in [4.78, 5) is 34.9. The average Bonchev–Trinajstić information content (AvgIpc) is 3.54. The van der Waals surface area contributed by atoms with Crippen molar-refractivity contribution in [2.45, 2.75) is 46.6 Å². The van der Waals surface area contributed by atoms with Gasteiger partial charge in [-0.25, -0.2) is 4.99 Å². The second kappa shape index (κ2) is 12.3. The van der Waals surface area contributed by atoms with Gasteiger partial charge in [-0.2, -0.15) is 0 Å². The Morgan fingerprint density at radius 1 is 1.12 bits per heavy atom. The van der Waals surface area contributed by atoms with E-state index in [0.717, 1.165) is 41.3 Å². The van der Waals surface area contributed by atoms with E-state index in [1.807, 2.05) is 58.3 Å². The number of hydrogen-bond acceptors (Lipinski definition) is 5. The lowest BCUT2D eigenvalue weighted by molar-refractivity contribution is -0.135. The maximum atomic E-state index is 13.8. The first-order valence-corrected chi connectivity index (χ1v) is 16.1. The van der Waals surface area contributed by atoms with E-state index >= 15 is 0 Å². The van der Waals surface area contributed by atoms with Gasteiger partial charge in [0, 0.05) is 57.6 Å². The summed E-state index contributed by atoms with van der Waals surface area (Å²) >= 11 is 7.69. The number of thiophene rings is 1. The molecular formula is C34H37ClN4O3S. The molecule has 1 fully saturated rings. The molecule has 2 aliphatic rings. The number of halogens is 1. The van der Waals surface area contributed by atoms with Crippen LogP contribution in [0.25, 0.3) is 10.9 Å². The lowest BCUT2D eigenvalue weighted by Crippen LogP contribution is -2.42. The van der Waals surface area contributed by atoms with Gasteiger partial charge in [-0.1, -0.05) is 50.6 Å². The van der Waals surface area contributed by atoms with E-state index < -0.39 is 0 Å². The van der Waals surface area contributed by atoms with Gasteiger partial charge in [0.25, 0.3) is 5.91 Å². The van der Waals surface area contributed by atoms with E-state index in [1.54, 1.807) is 23.5 Å². The Balaban J connectivity index is 1.33. The minimum atomic E-state index is -0.153. The Kier molecular flexibility index (Phi) is 8.45. The number of benzene rings is 2. The van der Waals surface area contributed by atoms with Gasteiger partial charge < -0.3 is 19.5 Å². The van der Waals surface area contributed by atoms with Crippen LogP contribution in [-0.2, 0) is 28.9 Å². The molecule has 4 aromatic rings. The molecule has 0 unspecified atom stereocenters. The summed E-state index contributed by atoms with van der Waals surface area (Å²) < 4.78 is 7.41. The van der Waals surface area contributed by atoms with E-state index in [9.17, 15) is 9.59 Å². The molecule has 2 amide bonds. The molecule has 2 aromatic heterocycles. The predicted octanol–water partition coefficient (Wildman–Crippen LogP) is 7.37. The van der Waals surface area contributed by atoms with Crippen LogP contribution in [0.4, 0.5) is 10.7 Å². The number of nitrogens with one attached hydrogen (secondary N) is 1. The van der Waals surface area contributed by atoms with Gasteiger partial charge in [0.1, 0.15) is 11.5 Å². The number of para-hydroxylation sites is 1. The highest BCUT2D eigenvalue weighted by Crippen LogP contribution is 2.45. The highest BCUT2D eigenvalue weighted by atomic mass is 35.5. The van der Waals surface area contributed by atoms with Gasteiger partial charge in [0.15, 0.2) is 0 Å². The van der Waals surface area contributed by atoms with E-state index in [1.165, 1.54) is 4.88 Å². The van der Waals surface area contributed by atoms with Gasteiger partial charge in [-0.3, -0.25) is 9.59 Å². The second-order valence-electron chi connectivity index (χ2n) is 12.4. The van der Waals surface area contributed by atoms with Crippen molar-refractivity contribution in [2.75, 3.05) is 31.6 Å². The first-order valence-electron chi connectivity index (χ1n) is 14.9. The van der Waals surface area contributed by atoms with Crippen molar-refractivity contribution in [3.63, 3.8) is 0 Å². The SMILES string of the molecule is CC(C)(C)[C@@H]1CCc2c(sc(N=Cc3cn(CC(=O)N4CCOCC4)c4ccccc34)c2C(=O)Nc2ccc(Cl)cc2)C1. The van der Waals surface area contributed by atoms with Gasteiger partial charge in [0.2, 0.25) is 5.91 Å². The zero-order valence-electron chi connectivity index (χ0n) is 24.9. The summed E-state index contributed by atoms with van der Waals surface area (Å²) in [6.45, 7) is 9.52. The minimum Gasteiger partial charge on any atom is -0.378 e. The van der Waals surface area contributed by atoms with Crippen LogP contribution in [0, 0.1) is 11.3 Å². The normalized spacial score (nSPS) is 17.4. The molecule has 2 aromatic carbocycles. The summed E-state index contributed by atoms with van der Waals surface area (Å²) in [6, 6.07) is 15.2. The van der Waals surface area contributed by atoms with E-state index in [-0.39, 0.29) is 23.8 Å². The predicted molar refractivity (Wildman–Crippen MR) is 175 cm³/mol. The molecule has 224 valence electrons. The standard InChI is InChI=1S/C34H37ClN4O3S/c1-34(2,3)23-8-13-27-29(18-23)43-33(31(27)32(41)37-25-11-9-24(35)10-12-25)36-19-22-20-39(28-7-5-4-6-26(22)28)21-30(40)38-14-16-42-17-15-38/h4-7,9-12,19-20,23H,8,13-18,21H2,1-3H3,(H,37,41)/t23-/m1/s1. The van der Waals surface area contributed by atoms with Crippen LogP contribution in [0.5, 0.6) is 0 Å². The number of morpholine rings is 1. The summed E-state index contributed by atoms with van der Waals surface area (Å²) in [5.74, 6) is 0.470. The number of aliphatic imine (C=N–C) groups is 1. The zero-order valence-corrected chi connectivity index (χ0v) is 26.4. The quantitative estimate of drug-likeness (QED) is 0.230. The highest BCUT2D eigenvalue weighted by Gasteiger charge is 2.33. The molecule has 1 N–H and O–H groups in total. The summed E-state index contributed by atoms with van der Waals surface area (Å²) in [5.41, 5.74) is 4.54. The molecule has 7 nitrogen and oxygen atoms in total. The third kappa shape index (κ3) is 6.42. The van der Waals surface area contributed by atoms with Crippen LogP contribution in [0.15, 0.2) is 59.7 Å². The zero-order chi connectivity index (χ0) is 30.1. The molecule has 9 heteroatoms. The maximum absolute atomic E-state index is 13.8. The monoisotopic (exact) mass is 616 g/mol. The van der Waals surface area contributed by atoms with Gasteiger partial charge in [-0.15, -0.1) is 11.3 Å². The fraction of sp³-hybridized carbons (Fsp3) is 0.382. The molecule has 0 bridgehead atoms. The van der Waals surface area contributed by atoms with E-state index in [2.05, 4.69) is 26.1 Å². The number of ether oxygens (including phenoxy) is 1. The number of anilines is 1. The highest BCUT2D eigenvalue weighted by molar-refractivity contribution is 7.16. The van der Waals surface area contributed by atoms with Crippen molar-refractivity contribution >= 4 is 62.6 Å². The summed E-state index contributed by atoms with van der Waals surface area (Å²) in [7, 11) is 0. The lowest BCUT2D eigenvalue weighted by atomic mass is 9.72. The number of nitrogens with zero attached hydrogens (tertiary/aromatic N) is 3. The molecule has 1 saturated heterocycles. The molecule has 0 radical (unpaired) electrons. The van der Waals surface area contributed by atoms with Crippen LogP contribution in [-0.4, -0.2) is 53.8 Å². The Morgan fingerprint density at radius 2 is 1.86 bits per heavy atom.